The molecule has 0 atom stereocenters. The number of alkyl halides is 3. The van der Waals surface area contributed by atoms with E-state index in [-0.39, 0.29) is 28.0 Å². The second-order valence-electron chi connectivity index (χ2n) is 10.3. The third-order valence-corrected chi connectivity index (χ3v) is 8.51. The number of nitrogens with one attached hydrogen (secondary N) is 1. The van der Waals surface area contributed by atoms with Crippen LogP contribution in [0.3, 0.4) is 0 Å². The number of nitrogens with zero attached hydrogens (tertiary/aromatic N) is 3. The van der Waals surface area contributed by atoms with E-state index in [4.69, 9.17) is 4.98 Å². The number of hydrogen-bond donors (Lipinski definition) is 1. The van der Waals surface area contributed by atoms with Crippen molar-refractivity contribution in [1.82, 2.24) is 19.4 Å². The Morgan fingerprint density at radius 3 is 2.46 bits per heavy atom. The Bertz CT molecular complexity index is 1770. The number of fused-ring (bicyclic) bond motifs is 3. The molecule has 0 bridgehead atoms. The molecule has 10 heteroatoms. The summed E-state index contributed by atoms with van der Waals surface area (Å²) in [5.74, 6) is 0.436. The Morgan fingerprint density at radius 2 is 1.71 bits per heavy atom. The first-order valence-electron chi connectivity index (χ1n) is 13.4. The number of aromatic amines is 1. The maximum absolute atomic E-state index is 13.7. The minimum atomic E-state index is -4.58. The molecule has 0 aliphatic carbocycles. The average Bonchev–Trinajstić information content (AvgIpc) is 3.35. The van der Waals surface area contributed by atoms with Crippen molar-refractivity contribution in [2.24, 2.45) is 5.92 Å². The van der Waals surface area contributed by atoms with Crippen LogP contribution in [0.5, 0.6) is 0 Å². The number of hydrogen-bond acceptors (Lipinski definition) is 4. The van der Waals surface area contributed by atoms with Gasteiger partial charge in [0, 0.05) is 24.0 Å². The number of carbonyl (C=O) groups excluding carboxylic acids is 1. The summed E-state index contributed by atoms with van der Waals surface area (Å²) < 4.78 is 41.7. The lowest BCUT2D eigenvalue weighted by atomic mass is 9.90. The van der Waals surface area contributed by atoms with Crippen LogP contribution in [0.15, 0.2) is 88.8 Å². The molecule has 6 nitrogen and oxygen atoms in total. The number of H-pyrrole nitrogens is 1. The van der Waals surface area contributed by atoms with Crippen molar-refractivity contribution < 1.29 is 18.0 Å². The van der Waals surface area contributed by atoms with Crippen molar-refractivity contribution in [2.75, 3.05) is 18.8 Å². The number of aromatic nitrogens is 3. The van der Waals surface area contributed by atoms with Gasteiger partial charge in [0.2, 0.25) is 5.91 Å². The van der Waals surface area contributed by atoms with Crippen LogP contribution >= 0.6 is 11.8 Å². The van der Waals surface area contributed by atoms with Crippen molar-refractivity contribution in [3.05, 3.63) is 100 Å². The summed E-state index contributed by atoms with van der Waals surface area (Å²) in [5, 5.41) is 0.892. The van der Waals surface area contributed by atoms with Gasteiger partial charge in [-0.25, -0.2) is 4.98 Å². The standard InChI is InChI=1S/C31H27F3N4O2S/c32-31(33,34)22-9-6-10-23(18-22)38-29(40)28-27(24-11-4-5-12-25(24)35-28)36-30(38)41-19-26(39)37-15-13-21(14-16-37)17-20-7-2-1-3-8-20/h1-12,18,21,35H,13-17,19H2. The molecule has 0 spiro atoms. The maximum atomic E-state index is 13.7. The van der Waals surface area contributed by atoms with Gasteiger partial charge in [0.25, 0.3) is 5.56 Å². The minimum absolute atomic E-state index is 0.0165. The Labute approximate surface area is 238 Å². The number of rotatable bonds is 6. The van der Waals surface area contributed by atoms with Gasteiger partial charge < -0.3 is 9.88 Å². The summed E-state index contributed by atoms with van der Waals surface area (Å²) in [4.78, 5) is 36.5. The number of piperidine rings is 1. The number of likely N-dealkylation sites (tertiary alicyclic amines) is 1. The van der Waals surface area contributed by atoms with Gasteiger partial charge in [0.05, 0.1) is 17.0 Å². The summed E-state index contributed by atoms with van der Waals surface area (Å²) in [6.45, 7) is 1.29. The van der Waals surface area contributed by atoms with E-state index in [1.54, 1.807) is 0 Å². The molecule has 1 N–H and O–H groups in total. The van der Waals surface area contributed by atoms with Crippen LogP contribution in [0.1, 0.15) is 24.0 Å². The zero-order valence-corrected chi connectivity index (χ0v) is 22.8. The molecule has 5 aromatic rings. The molecule has 0 radical (unpaired) electrons. The first-order valence-corrected chi connectivity index (χ1v) is 14.4. The molecule has 3 heterocycles. The summed E-state index contributed by atoms with van der Waals surface area (Å²) in [6.07, 6.45) is -1.79. The van der Waals surface area contributed by atoms with Crippen molar-refractivity contribution in [2.45, 2.75) is 30.6 Å². The van der Waals surface area contributed by atoms with E-state index in [1.807, 2.05) is 47.4 Å². The summed E-state index contributed by atoms with van der Waals surface area (Å²) in [6, 6.07) is 22.2. The van der Waals surface area contributed by atoms with Crippen LogP contribution in [-0.4, -0.2) is 44.2 Å². The Kier molecular flexibility index (Phi) is 7.33. The first-order chi connectivity index (χ1) is 19.8. The van der Waals surface area contributed by atoms with Gasteiger partial charge in [-0.05, 0) is 55.0 Å². The fourth-order valence-corrected chi connectivity index (χ4v) is 6.35. The highest BCUT2D eigenvalue weighted by Gasteiger charge is 2.31. The van der Waals surface area contributed by atoms with E-state index in [0.29, 0.717) is 30.0 Å². The molecule has 0 unspecified atom stereocenters. The Morgan fingerprint density at radius 1 is 0.976 bits per heavy atom. The number of para-hydroxylation sites is 1. The van der Waals surface area contributed by atoms with Gasteiger partial charge >= 0.3 is 6.18 Å². The molecular formula is C31H27F3N4O2S. The van der Waals surface area contributed by atoms with Crippen molar-refractivity contribution in [1.29, 1.82) is 0 Å². The van der Waals surface area contributed by atoms with Crippen molar-refractivity contribution in [3.8, 4) is 5.69 Å². The number of amides is 1. The van der Waals surface area contributed by atoms with Crippen LogP contribution in [0, 0.1) is 5.92 Å². The lowest BCUT2D eigenvalue weighted by molar-refractivity contribution is -0.137. The van der Waals surface area contributed by atoms with Gasteiger partial charge in [-0.2, -0.15) is 13.2 Å². The zero-order chi connectivity index (χ0) is 28.6. The van der Waals surface area contributed by atoms with Crippen LogP contribution in [0.2, 0.25) is 0 Å². The number of benzene rings is 3. The fourth-order valence-electron chi connectivity index (χ4n) is 5.44. The van der Waals surface area contributed by atoms with Crippen LogP contribution in [0.25, 0.3) is 27.6 Å². The highest BCUT2D eigenvalue weighted by molar-refractivity contribution is 7.99. The molecule has 1 aliphatic heterocycles. The zero-order valence-electron chi connectivity index (χ0n) is 22.0. The molecule has 41 heavy (non-hydrogen) atoms. The molecule has 2 aromatic heterocycles. The third kappa shape index (κ3) is 5.61. The van der Waals surface area contributed by atoms with Gasteiger partial charge in [-0.1, -0.05) is 66.4 Å². The van der Waals surface area contributed by atoms with Crippen LogP contribution < -0.4 is 5.56 Å². The third-order valence-electron chi connectivity index (χ3n) is 7.59. The summed E-state index contributed by atoms with van der Waals surface area (Å²) in [5.41, 5.74) is 1.24. The molecule has 210 valence electrons. The Balaban J connectivity index is 1.27. The highest BCUT2D eigenvalue weighted by Crippen LogP contribution is 2.32. The van der Waals surface area contributed by atoms with E-state index in [9.17, 15) is 22.8 Å². The molecule has 3 aromatic carbocycles. The molecular weight excluding hydrogens is 549 g/mol. The monoisotopic (exact) mass is 576 g/mol. The summed E-state index contributed by atoms with van der Waals surface area (Å²) in [7, 11) is 0. The minimum Gasteiger partial charge on any atom is -0.349 e. The van der Waals surface area contributed by atoms with Crippen LogP contribution in [-0.2, 0) is 17.4 Å². The predicted molar refractivity (Wildman–Crippen MR) is 154 cm³/mol. The Hall–Kier alpha value is -4.05. The van der Waals surface area contributed by atoms with E-state index >= 15 is 0 Å². The topological polar surface area (TPSA) is 71.0 Å². The molecule has 6 rings (SSSR count). The molecule has 0 saturated carbocycles. The smallest absolute Gasteiger partial charge is 0.349 e. The quantitative estimate of drug-likeness (QED) is 0.186. The maximum Gasteiger partial charge on any atom is 0.416 e. The van der Waals surface area contributed by atoms with Gasteiger partial charge in [0.15, 0.2) is 5.16 Å². The van der Waals surface area contributed by atoms with Crippen molar-refractivity contribution >= 4 is 39.6 Å². The van der Waals surface area contributed by atoms with Crippen molar-refractivity contribution in [3.63, 3.8) is 0 Å². The van der Waals surface area contributed by atoms with E-state index < -0.39 is 17.3 Å². The number of halogens is 3. The lowest BCUT2D eigenvalue weighted by Crippen LogP contribution is -2.40. The SMILES string of the molecule is O=C(CSc1nc2c([nH]c3ccccc32)c(=O)n1-c1cccc(C(F)(F)F)c1)N1CCC(Cc2ccccc2)CC1. The van der Waals surface area contributed by atoms with Gasteiger partial charge in [0.1, 0.15) is 11.0 Å². The normalized spacial score (nSPS) is 14.7. The summed E-state index contributed by atoms with van der Waals surface area (Å²) >= 11 is 1.07. The molecule has 1 amide bonds. The first kappa shape index (κ1) is 27.1. The fraction of sp³-hybridized carbons (Fsp3) is 0.258. The number of thioether (sulfide) groups is 1. The predicted octanol–water partition coefficient (Wildman–Crippen LogP) is 6.46. The molecule has 1 saturated heterocycles. The lowest BCUT2D eigenvalue weighted by Gasteiger charge is -2.32. The van der Waals surface area contributed by atoms with E-state index in [2.05, 4.69) is 17.1 Å². The number of carbonyl (C=O) groups is 1. The van der Waals surface area contributed by atoms with E-state index in [0.717, 1.165) is 53.1 Å². The largest absolute Gasteiger partial charge is 0.416 e. The van der Waals surface area contributed by atoms with Gasteiger partial charge in [-0.3, -0.25) is 14.2 Å². The molecule has 1 fully saturated rings. The highest BCUT2D eigenvalue weighted by atomic mass is 32.2. The second-order valence-corrected chi connectivity index (χ2v) is 11.2. The van der Waals surface area contributed by atoms with E-state index in [1.165, 1.54) is 17.7 Å². The molecule has 1 aliphatic rings. The van der Waals surface area contributed by atoms with Crippen LogP contribution in [0.4, 0.5) is 13.2 Å². The second kappa shape index (κ2) is 11.1. The van der Waals surface area contributed by atoms with Gasteiger partial charge in [-0.15, -0.1) is 0 Å². The average molecular weight is 577 g/mol.